The first-order valence-corrected chi connectivity index (χ1v) is 7.38. The van der Waals surface area contributed by atoms with Crippen LogP contribution < -0.4 is 4.74 Å². The Hall–Kier alpha value is -1.84. The molecule has 3 heteroatoms. The number of para-hydroxylation sites is 2. The Morgan fingerprint density at radius 3 is 1.43 bits per heavy atom. The predicted octanol–water partition coefficient (Wildman–Crippen LogP) is 4.11. The lowest BCUT2D eigenvalue weighted by Crippen LogP contribution is -2.30. The van der Waals surface area contributed by atoms with Gasteiger partial charge in [0.15, 0.2) is 5.79 Å². The summed E-state index contributed by atoms with van der Waals surface area (Å²) in [6.45, 7) is 0. The van der Waals surface area contributed by atoms with Gasteiger partial charge in [-0.3, -0.25) is 0 Å². The van der Waals surface area contributed by atoms with E-state index >= 15 is 0 Å². The molecule has 0 aliphatic heterocycles. The number of aliphatic hydroxyl groups is 2. The molecule has 0 unspecified atom stereocenters. The molecule has 0 bridgehead atoms. The van der Waals surface area contributed by atoms with Crippen LogP contribution in [0.1, 0.15) is 32.1 Å². The molecular weight excluding hydrogens is 264 g/mol. The van der Waals surface area contributed by atoms with Gasteiger partial charge in [0.05, 0.1) is 0 Å². The summed E-state index contributed by atoms with van der Waals surface area (Å²) in [5, 5.41) is 17.9. The molecule has 1 fully saturated rings. The quantitative estimate of drug-likeness (QED) is 0.817. The summed E-state index contributed by atoms with van der Waals surface area (Å²) in [6, 6.07) is 19.5. The van der Waals surface area contributed by atoms with Crippen molar-refractivity contribution in [2.45, 2.75) is 37.9 Å². The normalized spacial score (nSPS) is 16.5. The van der Waals surface area contributed by atoms with Crippen molar-refractivity contribution in [2.75, 3.05) is 0 Å². The second-order valence-electron chi connectivity index (χ2n) is 5.27. The van der Waals surface area contributed by atoms with Crippen molar-refractivity contribution in [1.29, 1.82) is 0 Å². The van der Waals surface area contributed by atoms with E-state index in [0.717, 1.165) is 30.8 Å². The first kappa shape index (κ1) is 15.5. The fourth-order valence-corrected chi connectivity index (χ4v) is 2.23. The summed E-state index contributed by atoms with van der Waals surface area (Å²) in [5.74, 6) is 0.417. The van der Waals surface area contributed by atoms with E-state index in [4.69, 9.17) is 14.9 Å². The second kappa shape index (κ2) is 7.81. The van der Waals surface area contributed by atoms with Crippen LogP contribution in [0.3, 0.4) is 0 Å². The van der Waals surface area contributed by atoms with Crippen molar-refractivity contribution in [3.63, 3.8) is 0 Å². The van der Waals surface area contributed by atoms with Gasteiger partial charge in [0.2, 0.25) is 0 Å². The standard InChI is InChI=1S/C12H10O.C6H12O2/c1-3-7-11(8-4-1)13-12-9-5-2-6-10-12;7-6(8)4-2-1-3-5-6/h1-10H;7-8H,1-5H2. The largest absolute Gasteiger partial charge is 0.457 e. The minimum atomic E-state index is -1.32. The van der Waals surface area contributed by atoms with Crippen LogP contribution in [-0.2, 0) is 0 Å². The molecule has 2 aromatic rings. The van der Waals surface area contributed by atoms with E-state index in [1.165, 1.54) is 0 Å². The second-order valence-corrected chi connectivity index (χ2v) is 5.27. The Morgan fingerprint density at radius 2 is 1.10 bits per heavy atom. The van der Waals surface area contributed by atoms with Crippen molar-refractivity contribution in [1.82, 2.24) is 0 Å². The number of benzene rings is 2. The maximum absolute atomic E-state index is 8.93. The van der Waals surface area contributed by atoms with Gasteiger partial charge in [0.1, 0.15) is 11.5 Å². The van der Waals surface area contributed by atoms with Gasteiger partial charge >= 0.3 is 0 Å². The van der Waals surface area contributed by atoms with Crippen LogP contribution in [0, 0.1) is 0 Å². The molecule has 0 atom stereocenters. The highest BCUT2D eigenvalue weighted by atomic mass is 16.5. The highest BCUT2D eigenvalue weighted by molar-refractivity contribution is 5.30. The summed E-state index contributed by atoms with van der Waals surface area (Å²) in [4.78, 5) is 0. The Labute approximate surface area is 125 Å². The molecule has 2 aromatic carbocycles. The van der Waals surface area contributed by atoms with Gasteiger partial charge in [-0.1, -0.05) is 42.8 Å². The summed E-state index contributed by atoms with van der Waals surface area (Å²) in [5.41, 5.74) is 0. The van der Waals surface area contributed by atoms with Crippen LogP contribution in [0.4, 0.5) is 0 Å². The lowest BCUT2D eigenvalue weighted by molar-refractivity contribution is -0.180. The molecule has 112 valence electrons. The first-order valence-electron chi connectivity index (χ1n) is 7.38. The highest BCUT2D eigenvalue weighted by Gasteiger charge is 2.24. The molecule has 0 radical (unpaired) electrons. The van der Waals surface area contributed by atoms with E-state index in [1.54, 1.807) is 0 Å². The van der Waals surface area contributed by atoms with Gasteiger partial charge < -0.3 is 14.9 Å². The van der Waals surface area contributed by atoms with Crippen LogP contribution in [0.25, 0.3) is 0 Å². The zero-order valence-corrected chi connectivity index (χ0v) is 12.1. The molecular formula is C18H22O3. The van der Waals surface area contributed by atoms with Gasteiger partial charge in [-0.25, -0.2) is 0 Å². The van der Waals surface area contributed by atoms with E-state index in [1.807, 2.05) is 60.7 Å². The molecule has 0 aromatic heterocycles. The highest BCUT2D eigenvalue weighted by Crippen LogP contribution is 2.24. The fourth-order valence-electron chi connectivity index (χ4n) is 2.23. The Morgan fingerprint density at radius 1 is 0.667 bits per heavy atom. The van der Waals surface area contributed by atoms with Crippen LogP contribution >= 0.6 is 0 Å². The van der Waals surface area contributed by atoms with E-state index in [0.29, 0.717) is 12.8 Å². The topological polar surface area (TPSA) is 49.7 Å². The van der Waals surface area contributed by atoms with Crippen LogP contribution in [0.15, 0.2) is 60.7 Å². The first-order chi connectivity index (χ1) is 10.2. The minimum absolute atomic E-state index is 0.562. The number of rotatable bonds is 2. The molecule has 21 heavy (non-hydrogen) atoms. The minimum Gasteiger partial charge on any atom is -0.457 e. The Balaban J connectivity index is 0.000000173. The SMILES string of the molecule is OC1(O)CCCCC1.c1ccc(Oc2ccccc2)cc1. The van der Waals surface area contributed by atoms with Crippen LogP contribution in [-0.4, -0.2) is 16.0 Å². The van der Waals surface area contributed by atoms with E-state index in [9.17, 15) is 0 Å². The third-order valence-corrected chi connectivity index (χ3v) is 3.38. The van der Waals surface area contributed by atoms with Crippen molar-refractivity contribution in [2.24, 2.45) is 0 Å². The van der Waals surface area contributed by atoms with Crippen molar-refractivity contribution < 1.29 is 14.9 Å². The maximum atomic E-state index is 8.93. The third kappa shape index (κ3) is 5.98. The molecule has 2 N–H and O–H groups in total. The van der Waals surface area contributed by atoms with Gasteiger partial charge in [-0.05, 0) is 37.1 Å². The van der Waals surface area contributed by atoms with Gasteiger partial charge in [0, 0.05) is 12.8 Å². The summed E-state index contributed by atoms with van der Waals surface area (Å²) < 4.78 is 5.58. The molecule has 1 aliphatic rings. The van der Waals surface area contributed by atoms with Crippen LogP contribution in [0.2, 0.25) is 0 Å². The smallest absolute Gasteiger partial charge is 0.162 e. The number of ether oxygens (including phenoxy) is 1. The van der Waals surface area contributed by atoms with Crippen molar-refractivity contribution >= 4 is 0 Å². The average Bonchev–Trinajstić information content (AvgIpc) is 2.50. The zero-order chi connectivity index (χ0) is 15.0. The molecule has 0 saturated heterocycles. The van der Waals surface area contributed by atoms with Crippen molar-refractivity contribution in [3.05, 3.63) is 60.7 Å². The summed E-state index contributed by atoms with van der Waals surface area (Å²) in [6.07, 6.45) is 4.21. The van der Waals surface area contributed by atoms with Gasteiger partial charge in [-0.15, -0.1) is 0 Å². The van der Waals surface area contributed by atoms with Crippen LogP contribution in [0.5, 0.6) is 11.5 Å². The third-order valence-electron chi connectivity index (χ3n) is 3.38. The molecule has 3 nitrogen and oxygen atoms in total. The predicted molar refractivity (Wildman–Crippen MR) is 83.2 cm³/mol. The molecule has 0 amide bonds. The van der Waals surface area contributed by atoms with E-state index in [2.05, 4.69) is 0 Å². The van der Waals surface area contributed by atoms with Gasteiger partial charge in [-0.2, -0.15) is 0 Å². The van der Waals surface area contributed by atoms with E-state index < -0.39 is 5.79 Å². The summed E-state index contributed by atoms with van der Waals surface area (Å²) in [7, 11) is 0. The Kier molecular flexibility index (Phi) is 5.78. The molecule has 1 saturated carbocycles. The fraction of sp³-hybridized carbons (Fsp3) is 0.333. The molecule has 0 heterocycles. The number of hydrogen-bond donors (Lipinski definition) is 2. The summed E-state index contributed by atoms with van der Waals surface area (Å²) >= 11 is 0. The number of hydrogen-bond acceptors (Lipinski definition) is 3. The van der Waals surface area contributed by atoms with Gasteiger partial charge in [0.25, 0.3) is 0 Å². The molecule has 3 rings (SSSR count). The Bertz CT molecular complexity index is 463. The molecule has 1 aliphatic carbocycles. The monoisotopic (exact) mass is 286 g/mol. The average molecular weight is 286 g/mol. The lowest BCUT2D eigenvalue weighted by Gasteiger charge is -2.25. The molecule has 0 spiro atoms. The zero-order valence-electron chi connectivity index (χ0n) is 12.1. The van der Waals surface area contributed by atoms with Crippen molar-refractivity contribution in [3.8, 4) is 11.5 Å². The maximum Gasteiger partial charge on any atom is 0.162 e. The van der Waals surface area contributed by atoms with E-state index in [-0.39, 0.29) is 0 Å². The lowest BCUT2D eigenvalue weighted by atomic mass is 9.95.